The van der Waals surface area contributed by atoms with Crippen molar-refractivity contribution in [3.8, 4) is 0 Å². The van der Waals surface area contributed by atoms with Crippen LogP contribution in [0.15, 0.2) is 15.7 Å². The van der Waals surface area contributed by atoms with E-state index in [1.807, 2.05) is 4.90 Å². The molecule has 0 saturated carbocycles. The highest BCUT2D eigenvalue weighted by Crippen LogP contribution is 2.29. The van der Waals surface area contributed by atoms with Crippen molar-refractivity contribution in [2.75, 3.05) is 32.8 Å². The molecule has 0 aromatic carbocycles. The third kappa shape index (κ3) is 3.37. The van der Waals surface area contributed by atoms with Crippen LogP contribution >= 0.6 is 11.3 Å². The van der Waals surface area contributed by atoms with Gasteiger partial charge in [-0.2, -0.15) is 4.31 Å². The topological polar surface area (TPSA) is 66.9 Å². The summed E-state index contributed by atoms with van der Waals surface area (Å²) >= 11 is 1.13. The summed E-state index contributed by atoms with van der Waals surface area (Å²) in [5, 5.41) is 1.67. The highest BCUT2D eigenvalue weighted by atomic mass is 32.2. The van der Waals surface area contributed by atoms with E-state index >= 15 is 0 Å². The number of carbonyl (C=O) groups is 1. The number of carbonyl (C=O) groups excluding carboxylic acids is 1. The average Bonchev–Trinajstić information content (AvgIpc) is 3.24. The average molecular weight is 373 g/mol. The minimum absolute atomic E-state index is 0.0501. The van der Waals surface area contributed by atoms with Gasteiger partial charge in [-0.15, -0.1) is 11.3 Å². The van der Waals surface area contributed by atoms with Crippen LogP contribution in [-0.2, 0) is 14.8 Å². The summed E-state index contributed by atoms with van der Waals surface area (Å²) in [4.78, 5) is 14.7. The fourth-order valence-electron chi connectivity index (χ4n) is 3.38. The first-order valence-corrected chi connectivity index (χ1v) is 10.7. The predicted octanol–water partition coefficient (Wildman–Crippen LogP) is 2.03. The van der Waals surface area contributed by atoms with Crippen LogP contribution < -0.4 is 0 Å². The maximum absolute atomic E-state index is 12.8. The number of nitrogens with zero attached hydrogens (tertiary/aromatic N) is 2. The first kappa shape index (κ1) is 17.8. The minimum Gasteiger partial charge on any atom is -0.379 e. The summed E-state index contributed by atoms with van der Waals surface area (Å²) in [5.41, 5.74) is 0.486. The van der Waals surface area contributed by atoms with E-state index in [1.54, 1.807) is 5.38 Å². The van der Waals surface area contributed by atoms with Crippen molar-refractivity contribution in [2.24, 2.45) is 5.92 Å². The Kier molecular flexibility index (Phi) is 5.29. The van der Waals surface area contributed by atoms with Crippen LogP contribution in [0.2, 0.25) is 0 Å². The molecule has 1 aromatic rings. The van der Waals surface area contributed by atoms with E-state index in [4.69, 9.17) is 4.74 Å². The molecule has 0 N–H and O–H groups in total. The summed E-state index contributed by atoms with van der Waals surface area (Å²) in [6, 6.07) is 1.78. The summed E-state index contributed by atoms with van der Waals surface area (Å²) in [6.07, 6.45) is 2.03. The zero-order valence-corrected chi connectivity index (χ0v) is 15.7. The third-order valence-corrected chi connectivity index (χ3v) is 8.03. The maximum atomic E-state index is 12.8. The molecule has 134 valence electrons. The zero-order chi connectivity index (χ0) is 17.3. The third-order valence-electron chi connectivity index (χ3n) is 4.72. The molecule has 2 saturated heterocycles. The van der Waals surface area contributed by atoms with E-state index < -0.39 is 10.0 Å². The largest absolute Gasteiger partial charge is 0.379 e. The van der Waals surface area contributed by atoms with Gasteiger partial charge in [-0.25, -0.2) is 8.42 Å². The van der Waals surface area contributed by atoms with Gasteiger partial charge >= 0.3 is 0 Å². The number of thiophene rings is 1. The van der Waals surface area contributed by atoms with E-state index in [0.29, 0.717) is 37.8 Å². The molecule has 1 amide bonds. The second-order valence-corrected chi connectivity index (χ2v) is 9.70. The second kappa shape index (κ2) is 7.11. The number of hydrogen-bond acceptors (Lipinski definition) is 5. The zero-order valence-electron chi connectivity index (χ0n) is 14.1. The van der Waals surface area contributed by atoms with E-state index in [2.05, 4.69) is 13.8 Å². The Morgan fingerprint density at radius 1 is 1.29 bits per heavy atom. The van der Waals surface area contributed by atoms with E-state index in [1.165, 1.54) is 10.4 Å². The lowest BCUT2D eigenvalue weighted by molar-refractivity contribution is 0.0701. The predicted molar refractivity (Wildman–Crippen MR) is 92.8 cm³/mol. The van der Waals surface area contributed by atoms with E-state index in [-0.39, 0.29) is 16.2 Å². The molecule has 2 aliphatic rings. The van der Waals surface area contributed by atoms with Gasteiger partial charge in [0.05, 0.1) is 18.8 Å². The van der Waals surface area contributed by atoms with Crippen molar-refractivity contribution in [1.82, 2.24) is 9.21 Å². The lowest BCUT2D eigenvalue weighted by Gasteiger charge is -2.27. The van der Waals surface area contributed by atoms with Gasteiger partial charge < -0.3 is 9.64 Å². The Hall–Kier alpha value is -0.960. The number of sulfonamides is 1. The van der Waals surface area contributed by atoms with Gasteiger partial charge in [0.25, 0.3) is 15.9 Å². The van der Waals surface area contributed by atoms with Gasteiger partial charge in [0.1, 0.15) is 4.21 Å². The van der Waals surface area contributed by atoms with Crippen LogP contribution in [0.25, 0.3) is 0 Å². The molecule has 3 heterocycles. The van der Waals surface area contributed by atoms with E-state index in [0.717, 1.165) is 30.7 Å². The van der Waals surface area contributed by atoms with Crippen LogP contribution in [0.4, 0.5) is 0 Å². The Morgan fingerprint density at radius 2 is 2.00 bits per heavy atom. The Labute approximate surface area is 147 Å². The minimum atomic E-state index is -3.53. The molecule has 0 aliphatic carbocycles. The molecule has 0 radical (unpaired) electrons. The Morgan fingerprint density at radius 3 is 2.67 bits per heavy atom. The molecule has 8 heteroatoms. The first-order chi connectivity index (χ1) is 11.4. The summed E-state index contributed by atoms with van der Waals surface area (Å²) in [7, 11) is -3.53. The van der Waals surface area contributed by atoms with Gasteiger partial charge in [0, 0.05) is 31.1 Å². The second-order valence-electron chi connectivity index (χ2n) is 6.62. The SMILES string of the molecule is CC(C)C1CCCN1C(=O)c1csc(S(=O)(=O)N2CCOCC2)c1. The smallest absolute Gasteiger partial charge is 0.255 e. The molecule has 3 rings (SSSR count). The number of morpholine rings is 1. The number of rotatable bonds is 4. The number of likely N-dealkylation sites (tertiary alicyclic amines) is 1. The fraction of sp³-hybridized carbons (Fsp3) is 0.688. The van der Waals surface area contributed by atoms with Crippen molar-refractivity contribution in [1.29, 1.82) is 0 Å². The molecule has 0 bridgehead atoms. The molecule has 2 fully saturated rings. The summed E-state index contributed by atoms with van der Waals surface area (Å²) < 4.78 is 32.2. The molecular formula is C16H24N2O4S2. The molecule has 2 aliphatic heterocycles. The number of amides is 1. The van der Waals surface area contributed by atoms with Gasteiger partial charge in [0.15, 0.2) is 0 Å². The normalized spacial score (nSPS) is 23.1. The highest BCUT2D eigenvalue weighted by molar-refractivity contribution is 7.91. The molecular weight excluding hydrogens is 348 g/mol. The van der Waals surface area contributed by atoms with Crippen molar-refractivity contribution in [3.05, 3.63) is 17.0 Å². The Bertz CT molecular complexity index is 693. The molecule has 1 aromatic heterocycles. The monoisotopic (exact) mass is 372 g/mol. The van der Waals surface area contributed by atoms with Crippen LogP contribution in [0.1, 0.15) is 37.0 Å². The molecule has 1 atom stereocenters. The Balaban J connectivity index is 1.79. The standard InChI is InChI=1S/C16H24N2O4S2/c1-12(2)14-4-3-5-18(14)16(19)13-10-15(23-11-13)24(20,21)17-6-8-22-9-7-17/h10-12,14H,3-9H2,1-2H3. The summed E-state index contributed by atoms with van der Waals surface area (Å²) in [6.45, 7) is 6.57. The molecule has 0 spiro atoms. The van der Waals surface area contributed by atoms with Crippen molar-refractivity contribution in [3.63, 3.8) is 0 Å². The quantitative estimate of drug-likeness (QED) is 0.811. The van der Waals surface area contributed by atoms with E-state index in [9.17, 15) is 13.2 Å². The van der Waals surface area contributed by atoms with Gasteiger partial charge in [-0.3, -0.25) is 4.79 Å². The molecule has 1 unspecified atom stereocenters. The molecule has 24 heavy (non-hydrogen) atoms. The van der Waals surface area contributed by atoms with Crippen molar-refractivity contribution < 1.29 is 17.9 Å². The van der Waals surface area contributed by atoms with Gasteiger partial charge in [0.2, 0.25) is 0 Å². The molecule has 6 nitrogen and oxygen atoms in total. The van der Waals surface area contributed by atoms with Crippen LogP contribution in [0.3, 0.4) is 0 Å². The van der Waals surface area contributed by atoms with Crippen molar-refractivity contribution in [2.45, 2.75) is 36.9 Å². The number of ether oxygens (including phenoxy) is 1. The first-order valence-electron chi connectivity index (χ1n) is 8.38. The maximum Gasteiger partial charge on any atom is 0.255 e. The summed E-state index contributed by atoms with van der Waals surface area (Å²) in [5.74, 6) is 0.359. The lowest BCUT2D eigenvalue weighted by atomic mass is 10.0. The van der Waals surface area contributed by atoms with Crippen LogP contribution in [-0.4, -0.2) is 62.4 Å². The van der Waals surface area contributed by atoms with Crippen LogP contribution in [0, 0.1) is 5.92 Å². The van der Waals surface area contributed by atoms with Crippen molar-refractivity contribution >= 4 is 27.3 Å². The van der Waals surface area contributed by atoms with Crippen LogP contribution in [0.5, 0.6) is 0 Å². The highest BCUT2D eigenvalue weighted by Gasteiger charge is 2.33. The lowest BCUT2D eigenvalue weighted by Crippen LogP contribution is -2.40. The van der Waals surface area contributed by atoms with Gasteiger partial charge in [-0.05, 0) is 24.8 Å². The number of hydrogen-bond donors (Lipinski definition) is 0. The fourth-order valence-corrected chi connectivity index (χ4v) is 6.10. The van der Waals surface area contributed by atoms with Gasteiger partial charge in [-0.1, -0.05) is 13.8 Å².